The number of hydrogen-bond acceptors (Lipinski definition) is 3. The molecule has 2 amide bonds. The molecule has 98 valence electrons. The average molecular weight is 240 g/mol. The summed E-state index contributed by atoms with van der Waals surface area (Å²) in [4.78, 5) is 16.3. The van der Waals surface area contributed by atoms with Crippen LogP contribution in [0.15, 0.2) is 0 Å². The summed E-state index contributed by atoms with van der Waals surface area (Å²) in [5.41, 5.74) is 0. The molecule has 0 aromatic heterocycles. The third kappa shape index (κ3) is 3.57. The second-order valence-corrected chi connectivity index (χ2v) is 5.38. The highest BCUT2D eigenvalue weighted by atomic mass is 16.2. The number of carbonyl (C=O) groups is 1. The number of nitrogens with zero attached hydrogens (tertiary/aromatic N) is 2. The quantitative estimate of drug-likeness (QED) is 0.735. The average Bonchev–Trinajstić information content (AvgIpc) is 2.25. The van der Waals surface area contributed by atoms with E-state index in [0.29, 0.717) is 12.1 Å². The molecule has 0 radical (unpaired) electrons. The van der Waals surface area contributed by atoms with Gasteiger partial charge in [0.1, 0.15) is 0 Å². The molecule has 0 aromatic rings. The van der Waals surface area contributed by atoms with Crippen LogP contribution in [0.2, 0.25) is 0 Å². The van der Waals surface area contributed by atoms with Crippen molar-refractivity contribution in [1.82, 2.24) is 20.4 Å². The van der Waals surface area contributed by atoms with Crippen LogP contribution in [0.5, 0.6) is 0 Å². The van der Waals surface area contributed by atoms with E-state index in [2.05, 4.69) is 34.5 Å². The first-order valence-electron chi connectivity index (χ1n) is 6.58. The first-order valence-corrected chi connectivity index (χ1v) is 6.58. The summed E-state index contributed by atoms with van der Waals surface area (Å²) in [7, 11) is 4.26. The Bertz CT molecular complexity index is 267. The Labute approximate surface area is 104 Å². The Kier molecular flexibility index (Phi) is 4.23. The predicted octanol–water partition coefficient (Wildman–Crippen LogP) is 0.0839. The molecule has 0 spiro atoms. The van der Waals surface area contributed by atoms with Gasteiger partial charge in [-0.05, 0) is 33.4 Å². The molecule has 1 aliphatic heterocycles. The normalized spacial score (nSPS) is 27.5. The van der Waals surface area contributed by atoms with Crippen LogP contribution in [0, 0.1) is 0 Å². The molecule has 1 heterocycles. The maximum Gasteiger partial charge on any atom is 0.315 e. The first-order chi connectivity index (χ1) is 8.15. The fourth-order valence-corrected chi connectivity index (χ4v) is 2.32. The van der Waals surface area contributed by atoms with Crippen molar-refractivity contribution < 1.29 is 4.79 Å². The minimum absolute atomic E-state index is 0.00340. The lowest BCUT2D eigenvalue weighted by Crippen LogP contribution is -2.56. The Morgan fingerprint density at radius 1 is 1.29 bits per heavy atom. The van der Waals surface area contributed by atoms with Gasteiger partial charge < -0.3 is 15.5 Å². The van der Waals surface area contributed by atoms with Crippen molar-refractivity contribution in [3.8, 4) is 0 Å². The topological polar surface area (TPSA) is 47.6 Å². The highest BCUT2D eigenvalue weighted by Gasteiger charge is 2.23. The van der Waals surface area contributed by atoms with Crippen LogP contribution in [0.3, 0.4) is 0 Å². The molecule has 1 saturated carbocycles. The van der Waals surface area contributed by atoms with Crippen molar-refractivity contribution in [2.24, 2.45) is 0 Å². The molecule has 5 nitrogen and oxygen atoms in total. The summed E-state index contributed by atoms with van der Waals surface area (Å²) in [6, 6.07) is 0.846. The van der Waals surface area contributed by atoms with Gasteiger partial charge in [0.15, 0.2) is 0 Å². The summed E-state index contributed by atoms with van der Waals surface area (Å²) < 4.78 is 0. The Morgan fingerprint density at radius 3 is 2.71 bits per heavy atom. The number of hydrogen-bond donors (Lipinski definition) is 2. The monoisotopic (exact) mass is 240 g/mol. The zero-order valence-electron chi connectivity index (χ0n) is 10.9. The standard InChI is InChI=1S/C12H24N4O/c1-15-6-7-16(2)11(9-15)8-13-12(17)14-10-4-3-5-10/h10-11H,3-9H2,1-2H3,(H2,13,14,17). The highest BCUT2D eigenvalue weighted by Crippen LogP contribution is 2.17. The van der Waals surface area contributed by atoms with E-state index in [-0.39, 0.29) is 6.03 Å². The number of carbonyl (C=O) groups excluding carboxylic acids is 1. The molecule has 2 N–H and O–H groups in total. The first kappa shape index (κ1) is 12.6. The molecule has 2 rings (SSSR count). The van der Waals surface area contributed by atoms with Gasteiger partial charge in [0, 0.05) is 38.3 Å². The van der Waals surface area contributed by atoms with E-state index < -0.39 is 0 Å². The highest BCUT2D eigenvalue weighted by molar-refractivity contribution is 5.74. The summed E-state index contributed by atoms with van der Waals surface area (Å²) in [6.45, 7) is 3.95. The fourth-order valence-electron chi connectivity index (χ4n) is 2.32. The van der Waals surface area contributed by atoms with Crippen molar-refractivity contribution in [2.45, 2.75) is 31.3 Å². The number of piperazine rings is 1. The van der Waals surface area contributed by atoms with Gasteiger partial charge in [-0.2, -0.15) is 0 Å². The molecule has 1 unspecified atom stereocenters. The molecule has 17 heavy (non-hydrogen) atoms. The van der Waals surface area contributed by atoms with E-state index in [0.717, 1.165) is 39.0 Å². The van der Waals surface area contributed by atoms with Crippen molar-refractivity contribution >= 4 is 6.03 Å². The van der Waals surface area contributed by atoms with Crippen LogP contribution in [0.4, 0.5) is 4.79 Å². The molecule has 0 aromatic carbocycles. The third-order valence-electron chi connectivity index (χ3n) is 3.92. The number of rotatable bonds is 3. The molecular weight excluding hydrogens is 216 g/mol. The second kappa shape index (κ2) is 5.69. The van der Waals surface area contributed by atoms with E-state index >= 15 is 0 Å². The van der Waals surface area contributed by atoms with Gasteiger partial charge in [0.25, 0.3) is 0 Å². The Morgan fingerprint density at radius 2 is 2.06 bits per heavy atom. The third-order valence-corrected chi connectivity index (χ3v) is 3.92. The number of likely N-dealkylation sites (N-methyl/N-ethyl adjacent to an activating group) is 2. The zero-order chi connectivity index (χ0) is 12.3. The van der Waals surface area contributed by atoms with E-state index in [1.165, 1.54) is 6.42 Å². The molecule has 5 heteroatoms. The largest absolute Gasteiger partial charge is 0.337 e. The maximum atomic E-state index is 11.6. The summed E-state index contributed by atoms with van der Waals surface area (Å²) >= 11 is 0. The van der Waals surface area contributed by atoms with Crippen molar-refractivity contribution in [3.05, 3.63) is 0 Å². The summed E-state index contributed by atoms with van der Waals surface area (Å²) in [5, 5.41) is 5.98. The van der Waals surface area contributed by atoms with E-state index in [1.54, 1.807) is 0 Å². The number of nitrogens with one attached hydrogen (secondary N) is 2. The van der Waals surface area contributed by atoms with Crippen LogP contribution in [-0.4, -0.2) is 68.2 Å². The van der Waals surface area contributed by atoms with Crippen molar-refractivity contribution in [3.63, 3.8) is 0 Å². The van der Waals surface area contributed by atoms with Crippen LogP contribution in [0.1, 0.15) is 19.3 Å². The van der Waals surface area contributed by atoms with Gasteiger partial charge in [-0.1, -0.05) is 0 Å². The zero-order valence-corrected chi connectivity index (χ0v) is 10.9. The molecule has 2 fully saturated rings. The van der Waals surface area contributed by atoms with Gasteiger partial charge in [-0.3, -0.25) is 4.90 Å². The van der Waals surface area contributed by atoms with E-state index in [1.807, 2.05) is 0 Å². The van der Waals surface area contributed by atoms with Crippen LogP contribution >= 0.6 is 0 Å². The molecule has 2 aliphatic rings. The van der Waals surface area contributed by atoms with Crippen LogP contribution in [0.25, 0.3) is 0 Å². The van der Waals surface area contributed by atoms with Crippen molar-refractivity contribution in [2.75, 3.05) is 40.3 Å². The SMILES string of the molecule is CN1CCN(C)C(CNC(=O)NC2CCC2)C1. The van der Waals surface area contributed by atoms with Crippen molar-refractivity contribution in [1.29, 1.82) is 0 Å². The van der Waals surface area contributed by atoms with E-state index in [9.17, 15) is 4.79 Å². The van der Waals surface area contributed by atoms with Crippen LogP contribution in [-0.2, 0) is 0 Å². The minimum atomic E-state index is -0.00340. The second-order valence-electron chi connectivity index (χ2n) is 5.38. The smallest absolute Gasteiger partial charge is 0.315 e. The van der Waals surface area contributed by atoms with Gasteiger partial charge in [-0.15, -0.1) is 0 Å². The number of amides is 2. The van der Waals surface area contributed by atoms with Gasteiger partial charge in [0.05, 0.1) is 0 Å². The summed E-state index contributed by atoms with van der Waals surface area (Å²) in [5.74, 6) is 0. The molecule has 1 aliphatic carbocycles. The Hall–Kier alpha value is -0.810. The Balaban J connectivity index is 1.67. The van der Waals surface area contributed by atoms with Gasteiger partial charge in [0.2, 0.25) is 0 Å². The lowest BCUT2D eigenvalue weighted by molar-refractivity contribution is 0.114. The molecule has 0 bridgehead atoms. The lowest BCUT2D eigenvalue weighted by Gasteiger charge is -2.37. The fraction of sp³-hybridized carbons (Fsp3) is 0.917. The summed E-state index contributed by atoms with van der Waals surface area (Å²) in [6.07, 6.45) is 3.53. The van der Waals surface area contributed by atoms with Gasteiger partial charge >= 0.3 is 6.03 Å². The minimum Gasteiger partial charge on any atom is -0.337 e. The molecular formula is C12H24N4O. The number of urea groups is 1. The predicted molar refractivity (Wildman–Crippen MR) is 68.1 cm³/mol. The van der Waals surface area contributed by atoms with Gasteiger partial charge in [-0.25, -0.2) is 4.79 Å². The maximum absolute atomic E-state index is 11.6. The van der Waals surface area contributed by atoms with E-state index in [4.69, 9.17) is 0 Å². The molecule has 1 saturated heterocycles. The molecule has 1 atom stereocenters. The lowest BCUT2D eigenvalue weighted by atomic mass is 9.93. The van der Waals surface area contributed by atoms with Crippen LogP contribution < -0.4 is 10.6 Å².